The van der Waals surface area contributed by atoms with Crippen molar-refractivity contribution in [2.45, 2.75) is 16.7 Å². The van der Waals surface area contributed by atoms with Crippen LogP contribution in [0, 0.1) is 6.92 Å². The van der Waals surface area contributed by atoms with Crippen LogP contribution in [0.4, 0.5) is 0 Å². The summed E-state index contributed by atoms with van der Waals surface area (Å²) < 4.78 is 30.8. The van der Waals surface area contributed by atoms with E-state index in [2.05, 4.69) is 4.98 Å². The minimum absolute atomic E-state index is 0.260. The van der Waals surface area contributed by atoms with Crippen molar-refractivity contribution in [3.8, 4) is 5.75 Å². The van der Waals surface area contributed by atoms with Crippen LogP contribution in [0.2, 0.25) is 0 Å². The molecule has 0 aliphatic rings. The van der Waals surface area contributed by atoms with Crippen LogP contribution in [-0.2, 0) is 9.84 Å². The Bertz CT molecular complexity index is 893. The minimum atomic E-state index is -3.56. The molecule has 0 fully saturated rings. The largest absolute Gasteiger partial charge is 0.497 e. The molecule has 1 N–H and O–H groups in total. The van der Waals surface area contributed by atoms with E-state index in [9.17, 15) is 8.42 Å². The normalized spacial score (nSPS) is 11.7. The van der Waals surface area contributed by atoms with Gasteiger partial charge in [0.15, 0.2) is 0 Å². The number of aromatic amines is 1. The summed E-state index contributed by atoms with van der Waals surface area (Å²) in [4.78, 5) is 3.72. The number of aromatic nitrogens is 1. The van der Waals surface area contributed by atoms with Crippen molar-refractivity contribution in [2.24, 2.45) is 0 Å². The Kier molecular flexibility index (Phi) is 3.22. The Labute approximate surface area is 123 Å². The molecule has 0 aliphatic carbocycles. The fourth-order valence-corrected chi connectivity index (χ4v) is 4.12. The summed E-state index contributed by atoms with van der Waals surface area (Å²) in [6.45, 7) is 1.77. The van der Waals surface area contributed by atoms with E-state index in [0.717, 1.165) is 5.52 Å². The molecule has 0 saturated carbocycles. The van der Waals surface area contributed by atoms with Gasteiger partial charge in [0.05, 0.1) is 16.9 Å². The van der Waals surface area contributed by atoms with Gasteiger partial charge in [-0.1, -0.05) is 18.2 Å². The smallest absolute Gasteiger partial charge is 0.208 e. The standard InChI is InChI=1S/C16H15NO3S/c1-11-16(14-5-3-4-6-15(14)17-11)21(18,19)13-9-7-12(20-2)8-10-13/h3-10,17H,1-2H3. The molecule has 108 valence electrons. The van der Waals surface area contributed by atoms with Crippen molar-refractivity contribution in [3.63, 3.8) is 0 Å². The van der Waals surface area contributed by atoms with Crippen molar-refractivity contribution in [2.75, 3.05) is 7.11 Å². The molecule has 0 spiro atoms. The number of ether oxygens (including phenoxy) is 1. The van der Waals surface area contributed by atoms with Gasteiger partial charge in [0.25, 0.3) is 0 Å². The molecule has 1 heterocycles. The lowest BCUT2D eigenvalue weighted by Gasteiger charge is -2.06. The maximum absolute atomic E-state index is 12.9. The molecular formula is C16H15NO3S. The predicted octanol–water partition coefficient (Wildman–Crippen LogP) is 3.32. The molecule has 0 saturated heterocycles. The number of benzene rings is 2. The quantitative estimate of drug-likeness (QED) is 0.807. The average molecular weight is 301 g/mol. The summed E-state index contributed by atoms with van der Waals surface area (Å²) in [7, 11) is -2.02. The molecule has 0 atom stereocenters. The number of methoxy groups -OCH3 is 1. The molecule has 4 nitrogen and oxygen atoms in total. The molecule has 0 radical (unpaired) electrons. The molecule has 21 heavy (non-hydrogen) atoms. The molecule has 0 aliphatic heterocycles. The second-order valence-corrected chi connectivity index (χ2v) is 6.69. The zero-order valence-corrected chi connectivity index (χ0v) is 12.6. The number of para-hydroxylation sites is 1. The summed E-state index contributed by atoms with van der Waals surface area (Å²) in [5.41, 5.74) is 1.47. The Morgan fingerprint density at radius 2 is 1.67 bits per heavy atom. The second-order valence-electron chi connectivity index (χ2n) is 4.80. The van der Waals surface area contributed by atoms with E-state index < -0.39 is 9.84 Å². The Hall–Kier alpha value is -2.27. The van der Waals surface area contributed by atoms with Crippen LogP contribution in [0.5, 0.6) is 5.75 Å². The highest BCUT2D eigenvalue weighted by Gasteiger charge is 2.24. The van der Waals surface area contributed by atoms with Crippen LogP contribution in [0.15, 0.2) is 58.3 Å². The van der Waals surface area contributed by atoms with Gasteiger partial charge in [-0.05, 0) is 37.3 Å². The molecule has 0 unspecified atom stereocenters. The van der Waals surface area contributed by atoms with Crippen molar-refractivity contribution in [3.05, 3.63) is 54.2 Å². The summed E-state index contributed by atoms with van der Waals surface area (Å²) in [5.74, 6) is 0.629. The first kappa shape index (κ1) is 13.7. The molecule has 3 rings (SSSR count). The Balaban J connectivity index is 2.22. The van der Waals surface area contributed by atoms with Crippen LogP contribution >= 0.6 is 0 Å². The van der Waals surface area contributed by atoms with E-state index >= 15 is 0 Å². The van der Waals surface area contributed by atoms with Gasteiger partial charge in [0.1, 0.15) is 5.75 Å². The van der Waals surface area contributed by atoms with E-state index in [4.69, 9.17) is 4.74 Å². The molecule has 5 heteroatoms. The summed E-state index contributed by atoms with van der Waals surface area (Å²) in [6, 6.07) is 13.8. The van der Waals surface area contributed by atoms with Gasteiger partial charge in [0.2, 0.25) is 9.84 Å². The van der Waals surface area contributed by atoms with E-state index in [0.29, 0.717) is 21.7 Å². The van der Waals surface area contributed by atoms with Gasteiger partial charge in [-0.2, -0.15) is 0 Å². The third-order valence-corrected chi connectivity index (χ3v) is 5.43. The molecule has 1 aromatic heterocycles. The van der Waals surface area contributed by atoms with Gasteiger partial charge >= 0.3 is 0 Å². The lowest BCUT2D eigenvalue weighted by Crippen LogP contribution is -2.03. The third-order valence-electron chi connectivity index (χ3n) is 3.47. The number of fused-ring (bicyclic) bond motifs is 1. The van der Waals surface area contributed by atoms with Crippen LogP contribution in [0.1, 0.15) is 5.69 Å². The molecule has 0 bridgehead atoms. The summed E-state index contributed by atoms with van der Waals surface area (Å²) in [6.07, 6.45) is 0. The Morgan fingerprint density at radius 1 is 1.00 bits per heavy atom. The van der Waals surface area contributed by atoms with Crippen molar-refractivity contribution in [1.82, 2.24) is 4.98 Å². The summed E-state index contributed by atoms with van der Waals surface area (Å²) >= 11 is 0. The molecule has 0 amide bonds. The van der Waals surface area contributed by atoms with Gasteiger partial charge < -0.3 is 9.72 Å². The minimum Gasteiger partial charge on any atom is -0.497 e. The molecule has 3 aromatic rings. The fourth-order valence-electron chi connectivity index (χ4n) is 2.47. The predicted molar refractivity (Wildman–Crippen MR) is 81.5 cm³/mol. The van der Waals surface area contributed by atoms with Crippen LogP contribution in [-0.4, -0.2) is 20.5 Å². The topological polar surface area (TPSA) is 59.2 Å². The highest BCUT2D eigenvalue weighted by molar-refractivity contribution is 7.91. The van der Waals surface area contributed by atoms with Gasteiger partial charge in [-0.15, -0.1) is 0 Å². The molecular weight excluding hydrogens is 286 g/mol. The van der Waals surface area contributed by atoms with E-state index in [-0.39, 0.29) is 4.90 Å². The molecule has 2 aromatic carbocycles. The third kappa shape index (κ3) is 2.19. The zero-order valence-electron chi connectivity index (χ0n) is 11.8. The number of aryl methyl sites for hydroxylation is 1. The maximum atomic E-state index is 12.9. The maximum Gasteiger partial charge on any atom is 0.208 e. The average Bonchev–Trinajstić information content (AvgIpc) is 2.83. The van der Waals surface area contributed by atoms with Gasteiger partial charge in [0, 0.05) is 16.6 Å². The van der Waals surface area contributed by atoms with Crippen LogP contribution < -0.4 is 4.74 Å². The van der Waals surface area contributed by atoms with Crippen LogP contribution in [0.25, 0.3) is 10.9 Å². The lowest BCUT2D eigenvalue weighted by atomic mass is 10.2. The number of hydrogen-bond acceptors (Lipinski definition) is 3. The van der Waals surface area contributed by atoms with Crippen molar-refractivity contribution < 1.29 is 13.2 Å². The fraction of sp³-hybridized carbons (Fsp3) is 0.125. The van der Waals surface area contributed by atoms with Crippen molar-refractivity contribution in [1.29, 1.82) is 0 Å². The summed E-state index contributed by atoms with van der Waals surface area (Å²) in [5, 5.41) is 0.714. The number of rotatable bonds is 3. The first-order valence-electron chi connectivity index (χ1n) is 6.50. The van der Waals surface area contributed by atoms with Gasteiger partial charge in [-0.25, -0.2) is 8.42 Å². The number of nitrogens with one attached hydrogen (secondary N) is 1. The van der Waals surface area contributed by atoms with Gasteiger partial charge in [-0.3, -0.25) is 0 Å². The van der Waals surface area contributed by atoms with Crippen LogP contribution in [0.3, 0.4) is 0 Å². The first-order chi connectivity index (χ1) is 10.0. The monoisotopic (exact) mass is 301 g/mol. The Morgan fingerprint density at radius 3 is 2.33 bits per heavy atom. The highest BCUT2D eigenvalue weighted by atomic mass is 32.2. The van der Waals surface area contributed by atoms with Crippen molar-refractivity contribution >= 4 is 20.7 Å². The lowest BCUT2D eigenvalue weighted by molar-refractivity contribution is 0.414. The second kappa shape index (κ2) is 4.93. The highest BCUT2D eigenvalue weighted by Crippen LogP contribution is 2.31. The first-order valence-corrected chi connectivity index (χ1v) is 7.99. The zero-order chi connectivity index (χ0) is 15.0. The van der Waals surface area contributed by atoms with E-state index in [1.165, 1.54) is 0 Å². The number of H-pyrrole nitrogens is 1. The number of sulfone groups is 1. The van der Waals surface area contributed by atoms with E-state index in [1.54, 1.807) is 38.3 Å². The SMILES string of the molecule is COc1ccc(S(=O)(=O)c2c(C)[nH]c3ccccc23)cc1. The number of hydrogen-bond donors (Lipinski definition) is 1. The van der Waals surface area contributed by atoms with E-state index in [1.807, 2.05) is 24.3 Å².